The number of nitrogens with zero attached hydrogens (tertiary/aromatic N) is 2. The molecule has 5 nitrogen and oxygen atoms in total. The number of aromatic nitrogens is 1. The fraction of sp³-hybridized carbons (Fsp3) is 0.400. The van der Waals surface area contributed by atoms with Gasteiger partial charge in [-0.1, -0.05) is 6.42 Å². The molecule has 132 valence electrons. The lowest BCUT2D eigenvalue weighted by atomic mass is 10.1. The van der Waals surface area contributed by atoms with Gasteiger partial charge in [-0.3, -0.25) is 14.7 Å². The van der Waals surface area contributed by atoms with Gasteiger partial charge in [0.15, 0.2) is 0 Å². The number of hydrogen-bond donors (Lipinski definition) is 1. The summed E-state index contributed by atoms with van der Waals surface area (Å²) >= 11 is 0. The fourth-order valence-corrected chi connectivity index (χ4v) is 3.05. The fourth-order valence-electron chi connectivity index (χ4n) is 3.05. The second kappa shape index (κ2) is 8.62. The van der Waals surface area contributed by atoms with Gasteiger partial charge in [0.2, 0.25) is 0 Å². The molecule has 1 aliphatic rings. The molecule has 1 amide bonds. The lowest BCUT2D eigenvalue weighted by molar-refractivity contribution is 0.0930. The molecule has 1 unspecified atom stereocenters. The maximum atomic E-state index is 12.3. The lowest BCUT2D eigenvalue weighted by Crippen LogP contribution is -2.44. The van der Waals surface area contributed by atoms with Gasteiger partial charge >= 0.3 is 0 Å². The van der Waals surface area contributed by atoms with E-state index in [2.05, 4.69) is 22.1 Å². The number of pyridine rings is 1. The maximum Gasteiger partial charge on any atom is 0.251 e. The monoisotopic (exact) mass is 339 g/mol. The zero-order valence-electron chi connectivity index (χ0n) is 14.6. The molecule has 0 spiro atoms. The van der Waals surface area contributed by atoms with E-state index < -0.39 is 0 Å². The van der Waals surface area contributed by atoms with Gasteiger partial charge in [0.1, 0.15) is 11.5 Å². The zero-order valence-corrected chi connectivity index (χ0v) is 14.6. The molecule has 1 fully saturated rings. The molecule has 5 heteroatoms. The third-order valence-corrected chi connectivity index (χ3v) is 4.56. The zero-order chi connectivity index (χ0) is 17.5. The summed E-state index contributed by atoms with van der Waals surface area (Å²) in [7, 11) is 0. The van der Waals surface area contributed by atoms with Crippen LogP contribution < -0.4 is 10.1 Å². The molecule has 25 heavy (non-hydrogen) atoms. The van der Waals surface area contributed by atoms with Crippen molar-refractivity contribution < 1.29 is 9.53 Å². The molecule has 2 aromatic rings. The van der Waals surface area contributed by atoms with Crippen molar-refractivity contribution >= 4 is 5.91 Å². The topological polar surface area (TPSA) is 54.5 Å². The Labute approximate surface area is 149 Å². The van der Waals surface area contributed by atoms with Crippen molar-refractivity contribution in [3.63, 3.8) is 0 Å². The van der Waals surface area contributed by atoms with Crippen LogP contribution in [0.4, 0.5) is 0 Å². The smallest absolute Gasteiger partial charge is 0.251 e. The van der Waals surface area contributed by atoms with Crippen LogP contribution in [-0.4, -0.2) is 41.5 Å². The number of carbonyl (C=O) groups is 1. The third kappa shape index (κ3) is 5.03. The largest absolute Gasteiger partial charge is 0.456 e. The van der Waals surface area contributed by atoms with Crippen molar-refractivity contribution in [2.24, 2.45) is 0 Å². The van der Waals surface area contributed by atoms with Gasteiger partial charge in [0, 0.05) is 24.3 Å². The molecule has 1 aliphatic heterocycles. The van der Waals surface area contributed by atoms with Crippen LogP contribution >= 0.6 is 0 Å². The Morgan fingerprint density at radius 2 is 1.92 bits per heavy atom. The van der Waals surface area contributed by atoms with Gasteiger partial charge in [-0.15, -0.1) is 0 Å². The highest BCUT2D eigenvalue weighted by Crippen LogP contribution is 2.20. The quantitative estimate of drug-likeness (QED) is 0.875. The standard InChI is InChI=1S/C20H25N3O2/c1-16(23-12-3-2-4-13-23)14-22-20(24)17-7-9-18(10-8-17)25-19-6-5-11-21-15-19/h5-11,15-16H,2-4,12-14H2,1H3,(H,22,24). The number of likely N-dealkylation sites (tertiary alicyclic amines) is 1. The summed E-state index contributed by atoms with van der Waals surface area (Å²) in [6.45, 7) is 5.12. The Kier molecular flexibility index (Phi) is 6.01. The van der Waals surface area contributed by atoms with E-state index in [1.54, 1.807) is 36.7 Å². The number of amides is 1. The Balaban J connectivity index is 1.50. The molecular formula is C20H25N3O2. The summed E-state index contributed by atoms with van der Waals surface area (Å²) in [6.07, 6.45) is 7.20. The predicted octanol–water partition coefficient (Wildman–Crippen LogP) is 3.48. The SMILES string of the molecule is CC(CNC(=O)c1ccc(Oc2cccnc2)cc1)N1CCCCC1. The first-order valence-electron chi connectivity index (χ1n) is 8.92. The van der Waals surface area contributed by atoms with Gasteiger partial charge < -0.3 is 10.1 Å². The summed E-state index contributed by atoms with van der Waals surface area (Å²) in [5.74, 6) is 1.32. The third-order valence-electron chi connectivity index (χ3n) is 4.56. The van der Waals surface area contributed by atoms with Crippen LogP contribution in [0, 0.1) is 0 Å². The van der Waals surface area contributed by atoms with Gasteiger partial charge in [0.25, 0.3) is 5.91 Å². The molecule has 3 rings (SSSR count). The second-order valence-corrected chi connectivity index (χ2v) is 6.47. The number of rotatable bonds is 6. The molecule has 0 radical (unpaired) electrons. The van der Waals surface area contributed by atoms with Crippen LogP contribution in [0.3, 0.4) is 0 Å². The van der Waals surface area contributed by atoms with Gasteiger partial charge in [-0.25, -0.2) is 0 Å². The first-order chi connectivity index (χ1) is 12.2. The molecule has 1 atom stereocenters. The number of ether oxygens (including phenoxy) is 1. The second-order valence-electron chi connectivity index (χ2n) is 6.47. The molecule has 1 saturated heterocycles. The summed E-state index contributed by atoms with van der Waals surface area (Å²) in [5.41, 5.74) is 0.643. The molecule has 2 heterocycles. The molecule has 1 aromatic heterocycles. The van der Waals surface area contributed by atoms with Crippen molar-refractivity contribution in [3.8, 4) is 11.5 Å². The van der Waals surface area contributed by atoms with E-state index in [0.717, 1.165) is 13.1 Å². The van der Waals surface area contributed by atoms with Crippen molar-refractivity contribution in [2.45, 2.75) is 32.2 Å². The van der Waals surface area contributed by atoms with Gasteiger partial charge in [-0.2, -0.15) is 0 Å². The number of hydrogen-bond acceptors (Lipinski definition) is 4. The summed E-state index contributed by atoms with van der Waals surface area (Å²) in [4.78, 5) is 18.8. The first-order valence-corrected chi connectivity index (χ1v) is 8.92. The van der Waals surface area contributed by atoms with Crippen molar-refractivity contribution in [1.29, 1.82) is 0 Å². The van der Waals surface area contributed by atoms with Crippen molar-refractivity contribution in [3.05, 3.63) is 54.4 Å². The van der Waals surface area contributed by atoms with Crippen LogP contribution in [0.15, 0.2) is 48.8 Å². The van der Waals surface area contributed by atoms with E-state index in [-0.39, 0.29) is 5.91 Å². The van der Waals surface area contributed by atoms with Crippen molar-refractivity contribution in [1.82, 2.24) is 15.2 Å². The maximum absolute atomic E-state index is 12.3. The minimum atomic E-state index is -0.0446. The molecule has 0 aliphatic carbocycles. The van der Waals surface area contributed by atoms with Crippen LogP contribution in [0.1, 0.15) is 36.5 Å². The number of benzene rings is 1. The molecule has 1 N–H and O–H groups in total. The predicted molar refractivity (Wildman–Crippen MR) is 98.0 cm³/mol. The molecule has 1 aromatic carbocycles. The normalized spacial score (nSPS) is 16.2. The molecule has 0 bridgehead atoms. The Bertz CT molecular complexity index is 667. The van der Waals surface area contributed by atoms with E-state index in [1.165, 1.54) is 19.3 Å². The Hall–Kier alpha value is -2.40. The molecular weight excluding hydrogens is 314 g/mol. The summed E-state index contributed by atoms with van der Waals surface area (Å²) in [5, 5.41) is 3.03. The van der Waals surface area contributed by atoms with E-state index in [1.807, 2.05) is 12.1 Å². The number of nitrogens with one attached hydrogen (secondary N) is 1. The summed E-state index contributed by atoms with van der Waals surface area (Å²) < 4.78 is 5.69. The summed E-state index contributed by atoms with van der Waals surface area (Å²) in [6, 6.07) is 11.2. The highest BCUT2D eigenvalue weighted by atomic mass is 16.5. The van der Waals surface area contributed by atoms with Crippen LogP contribution in [0.2, 0.25) is 0 Å². The first kappa shape index (κ1) is 17.4. The van der Waals surface area contributed by atoms with Gasteiger partial charge in [0.05, 0.1) is 6.20 Å². The van der Waals surface area contributed by atoms with Crippen LogP contribution in [0.5, 0.6) is 11.5 Å². The van der Waals surface area contributed by atoms with Crippen LogP contribution in [-0.2, 0) is 0 Å². The number of piperidine rings is 1. The van der Waals surface area contributed by atoms with Crippen LogP contribution in [0.25, 0.3) is 0 Å². The number of carbonyl (C=O) groups excluding carboxylic acids is 1. The highest BCUT2D eigenvalue weighted by Gasteiger charge is 2.17. The van der Waals surface area contributed by atoms with E-state index in [9.17, 15) is 4.79 Å². The Morgan fingerprint density at radius 1 is 1.16 bits per heavy atom. The minimum Gasteiger partial charge on any atom is -0.456 e. The van der Waals surface area contributed by atoms with E-state index in [4.69, 9.17) is 4.74 Å². The lowest BCUT2D eigenvalue weighted by Gasteiger charge is -2.32. The van der Waals surface area contributed by atoms with E-state index in [0.29, 0.717) is 29.6 Å². The average Bonchev–Trinajstić information content (AvgIpc) is 2.68. The Morgan fingerprint density at radius 3 is 2.60 bits per heavy atom. The average molecular weight is 339 g/mol. The van der Waals surface area contributed by atoms with E-state index >= 15 is 0 Å². The highest BCUT2D eigenvalue weighted by molar-refractivity contribution is 5.94. The van der Waals surface area contributed by atoms with Gasteiger partial charge in [-0.05, 0) is 69.3 Å². The van der Waals surface area contributed by atoms with Crippen molar-refractivity contribution in [2.75, 3.05) is 19.6 Å². The minimum absolute atomic E-state index is 0.0446. The molecule has 0 saturated carbocycles.